The van der Waals surface area contributed by atoms with Gasteiger partial charge in [0.25, 0.3) is 0 Å². The summed E-state index contributed by atoms with van der Waals surface area (Å²) in [4.78, 5) is 4.83. The van der Waals surface area contributed by atoms with Gasteiger partial charge in [-0.2, -0.15) is 0 Å². The second-order valence-electron chi connectivity index (χ2n) is 6.74. The van der Waals surface area contributed by atoms with Crippen molar-refractivity contribution in [3.63, 3.8) is 0 Å². The molecule has 9 heteroatoms. The summed E-state index contributed by atoms with van der Waals surface area (Å²) in [5.74, 6) is 0.810. The second kappa shape index (κ2) is 10.6. The van der Waals surface area contributed by atoms with Crippen molar-refractivity contribution >= 4 is 40.0 Å². The van der Waals surface area contributed by atoms with Crippen molar-refractivity contribution in [2.75, 3.05) is 19.7 Å². The molecule has 7 nitrogen and oxygen atoms in total. The number of halogens is 1. The third kappa shape index (κ3) is 7.20. The summed E-state index contributed by atoms with van der Waals surface area (Å²) in [5, 5.41) is 6.59. The fraction of sp³-hybridized carbons (Fsp3) is 0.611. The van der Waals surface area contributed by atoms with E-state index in [-0.39, 0.29) is 35.0 Å². The van der Waals surface area contributed by atoms with Crippen molar-refractivity contribution in [2.24, 2.45) is 4.99 Å². The van der Waals surface area contributed by atoms with Crippen LogP contribution in [0.1, 0.15) is 38.2 Å². The number of hydrogen-bond donors (Lipinski definition) is 3. The van der Waals surface area contributed by atoms with E-state index >= 15 is 0 Å². The molecular weight excluding hydrogens is 479 g/mol. The quantitative estimate of drug-likeness (QED) is 0.284. The molecule has 27 heavy (non-hydrogen) atoms. The molecule has 1 aromatic carbocycles. The third-order valence-corrected chi connectivity index (χ3v) is 5.88. The second-order valence-corrected chi connectivity index (χ2v) is 8.51. The van der Waals surface area contributed by atoms with Crippen LogP contribution < -0.4 is 15.4 Å². The smallest absolute Gasteiger partial charge is 0.240 e. The SMILES string of the molecule is CCNC(=NCc1ccc(S(=O)(=O)NCC2CCCO2)cc1)NC1CC1.I. The van der Waals surface area contributed by atoms with Crippen molar-refractivity contribution in [2.45, 2.75) is 56.2 Å². The predicted octanol–water partition coefficient (Wildman–Crippen LogP) is 1.98. The number of sulfonamides is 1. The number of nitrogens with zero attached hydrogens (tertiary/aromatic N) is 1. The van der Waals surface area contributed by atoms with E-state index in [1.807, 2.05) is 19.1 Å². The number of rotatable bonds is 8. The van der Waals surface area contributed by atoms with Gasteiger partial charge in [0.2, 0.25) is 10.0 Å². The molecule has 2 aliphatic rings. The van der Waals surface area contributed by atoms with Gasteiger partial charge in [0.05, 0.1) is 17.5 Å². The number of guanidine groups is 1. The molecule has 3 N–H and O–H groups in total. The van der Waals surface area contributed by atoms with Crippen LogP contribution in [0.5, 0.6) is 0 Å². The van der Waals surface area contributed by atoms with Gasteiger partial charge in [-0.25, -0.2) is 18.1 Å². The lowest BCUT2D eigenvalue weighted by molar-refractivity contribution is 0.114. The predicted molar refractivity (Wildman–Crippen MR) is 117 cm³/mol. The van der Waals surface area contributed by atoms with Crippen molar-refractivity contribution in [1.82, 2.24) is 15.4 Å². The summed E-state index contributed by atoms with van der Waals surface area (Å²) in [5.41, 5.74) is 0.969. The number of ether oxygens (including phenoxy) is 1. The minimum Gasteiger partial charge on any atom is -0.377 e. The minimum atomic E-state index is -3.50. The van der Waals surface area contributed by atoms with E-state index in [4.69, 9.17) is 4.74 Å². The van der Waals surface area contributed by atoms with Crippen LogP contribution in [0, 0.1) is 0 Å². The van der Waals surface area contributed by atoms with Gasteiger partial charge in [0, 0.05) is 25.7 Å². The van der Waals surface area contributed by atoms with Crippen molar-refractivity contribution in [3.05, 3.63) is 29.8 Å². The molecule has 1 aliphatic carbocycles. The molecule has 1 aromatic rings. The molecule has 0 aromatic heterocycles. The summed E-state index contributed by atoms with van der Waals surface area (Å²) >= 11 is 0. The lowest BCUT2D eigenvalue weighted by Gasteiger charge is -2.12. The zero-order chi connectivity index (χ0) is 18.4. The molecular formula is C18H29IN4O3S. The Morgan fingerprint density at radius 3 is 2.56 bits per heavy atom. The Morgan fingerprint density at radius 2 is 1.96 bits per heavy atom. The standard InChI is InChI=1S/C18H28N4O3S.HI/c1-2-19-18(22-15-7-8-15)20-12-14-5-9-17(10-6-14)26(23,24)21-13-16-4-3-11-25-16;/h5-6,9-10,15-16,21H,2-4,7-8,11-13H2,1H3,(H2,19,20,22);1H. The van der Waals surface area contributed by atoms with Gasteiger partial charge in [-0.1, -0.05) is 12.1 Å². The van der Waals surface area contributed by atoms with E-state index in [0.717, 1.165) is 30.9 Å². The summed E-state index contributed by atoms with van der Waals surface area (Å²) in [6, 6.07) is 7.42. The lowest BCUT2D eigenvalue weighted by atomic mass is 10.2. The summed E-state index contributed by atoms with van der Waals surface area (Å²) < 4.78 is 32.8. The van der Waals surface area contributed by atoms with Crippen molar-refractivity contribution < 1.29 is 13.2 Å². The highest BCUT2D eigenvalue weighted by Gasteiger charge is 2.22. The van der Waals surface area contributed by atoms with Crippen LogP contribution in [0.3, 0.4) is 0 Å². The Labute approximate surface area is 178 Å². The van der Waals surface area contributed by atoms with E-state index in [1.165, 1.54) is 12.8 Å². The zero-order valence-corrected chi connectivity index (χ0v) is 18.8. The van der Waals surface area contributed by atoms with Gasteiger partial charge in [0.1, 0.15) is 0 Å². The highest BCUT2D eigenvalue weighted by Crippen LogP contribution is 2.18. The van der Waals surface area contributed by atoms with Crippen molar-refractivity contribution in [1.29, 1.82) is 0 Å². The van der Waals surface area contributed by atoms with E-state index in [9.17, 15) is 8.42 Å². The molecule has 0 spiro atoms. The first-order valence-corrected chi connectivity index (χ1v) is 10.8. The fourth-order valence-electron chi connectivity index (χ4n) is 2.78. The number of hydrogen-bond acceptors (Lipinski definition) is 4. The Balaban J connectivity index is 0.00000261. The largest absolute Gasteiger partial charge is 0.377 e. The lowest BCUT2D eigenvalue weighted by Crippen LogP contribution is -2.38. The first-order valence-electron chi connectivity index (χ1n) is 9.32. The molecule has 0 amide bonds. The Bertz CT molecular complexity index is 715. The van der Waals surface area contributed by atoms with E-state index < -0.39 is 10.0 Å². The molecule has 0 bridgehead atoms. The number of nitrogens with one attached hydrogen (secondary N) is 3. The van der Waals surface area contributed by atoms with Crippen LogP contribution in [0.25, 0.3) is 0 Å². The van der Waals surface area contributed by atoms with Gasteiger partial charge < -0.3 is 15.4 Å². The van der Waals surface area contributed by atoms with Gasteiger partial charge in [-0.15, -0.1) is 24.0 Å². The average molecular weight is 508 g/mol. The number of benzene rings is 1. The Morgan fingerprint density at radius 1 is 1.22 bits per heavy atom. The maximum atomic E-state index is 12.4. The van der Waals surface area contributed by atoms with Gasteiger partial charge in [-0.05, 0) is 50.3 Å². The van der Waals surface area contributed by atoms with Crippen molar-refractivity contribution in [3.8, 4) is 0 Å². The molecule has 3 rings (SSSR count). The normalized spacial score (nSPS) is 20.2. The molecule has 152 valence electrons. The fourth-order valence-corrected chi connectivity index (χ4v) is 3.84. The molecule has 1 atom stereocenters. The maximum absolute atomic E-state index is 12.4. The van der Waals surface area contributed by atoms with E-state index in [2.05, 4.69) is 20.3 Å². The van der Waals surface area contributed by atoms with Gasteiger partial charge >= 0.3 is 0 Å². The molecule has 1 aliphatic heterocycles. The molecule has 1 heterocycles. The van der Waals surface area contributed by atoms with Crippen LogP contribution >= 0.6 is 24.0 Å². The molecule has 1 unspecified atom stereocenters. The van der Waals surface area contributed by atoms with Crippen LogP contribution in [0.2, 0.25) is 0 Å². The minimum absolute atomic E-state index is 0. The van der Waals surface area contributed by atoms with Crippen LogP contribution in [0.15, 0.2) is 34.2 Å². The molecule has 0 radical (unpaired) electrons. The monoisotopic (exact) mass is 508 g/mol. The first-order chi connectivity index (χ1) is 12.6. The summed E-state index contributed by atoms with van der Waals surface area (Å²) in [6.45, 7) is 4.39. The number of aliphatic imine (C=N–C) groups is 1. The maximum Gasteiger partial charge on any atom is 0.240 e. The molecule has 1 saturated heterocycles. The summed E-state index contributed by atoms with van der Waals surface area (Å²) in [7, 11) is -3.50. The Hall–Kier alpha value is -0.910. The van der Waals surface area contributed by atoms with Crippen LogP contribution in [-0.2, 0) is 21.3 Å². The van der Waals surface area contributed by atoms with Gasteiger partial charge in [0.15, 0.2) is 5.96 Å². The highest BCUT2D eigenvalue weighted by molar-refractivity contribution is 14.0. The van der Waals surface area contributed by atoms with Crippen LogP contribution in [-0.4, -0.2) is 46.2 Å². The molecule has 1 saturated carbocycles. The molecule has 2 fully saturated rings. The Kier molecular flexibility index (Phi) is 8.77. The zero-order valence-electron chi connectivity index (χ0n) is 15.6. The van der Waals surface area contributed by atoms with Gasteiger partial charge in [-0.3, -0.25) is 0 Å². The first kappa shape index (κ1) is 22.4. The van der Waals surface area contributed by atoms with E-state index in [1.54, 1.807) is 12.1 Å². The topological polar surface area (TPSA) is 91.8 Å². The van der Waals surface area contributed by atoms with Crippen LogP contribution in [0.4, 0.5) is 0 Å². The van der Waals surface area contributed by atoms with E-state index in [0.29, 0.717) is 25.7 Å². The third-order valence-electron chi connectivity index (χ3n) is 4.44. The summed E-state index contributed by atoms with van der Waals surface area (Å²) in [6.07, 6.45) is 4.27. The average Bonchev–Trinajstić information content (AvgIpc) is 3.29. The highest BCUT2D eigenvalue weighted by atomic mass is 127.